The number of fused-ring (bicyclic) bond motifs is 2. The molecule has 3 N–H and O–H groups in total. The summed E-state index contributed by atoms with van der Waals surface area (Å²) in [5.74, 6) is -2.27. The molecule has 1 aromatic carbocycles. The Bertz CT molecular complexity index is 2050. The van der Waals surface area contributed by atoms with E-state index in [0.717, 1.165) is 12.5 Å². The Labute approximate surface area is 347 Å². The number of rotatable bonds is 6. The van der Waals surface area contributed by atoms with Gasteiger partial charge in [0.25, 0.3) is 0 Å². The SMILES string of the molecule is Cc1ccc(S(=O)(=O)NC(=O)[I-][C@@]23C[C@H]2/C=C\CCCCC[C@H](NC(=O)OC(C)(C)C)C(=O)N2C[C@H](OC(=O)N4CC5=C(C4)C(C)(F)CC=C5)C[C@H]2C(=O)N3)cc1F. The van der Waals surface area contributed by atoms with E-state index in [0.29, 0.717) is 36.8 Å². The number of sulfonamides is 1. The molecule has 6 rings (SSSR count). The second-order valence-corrected chi connectivity index (χ2v) is 21.9. The van der Waals surface area contributed by atoms with Crippen LogP contribution in [-0.4, -0.2) is 98.8 Å². The maximum atomic E-state index is 15.3. The number of halogens is 3. The Morgan fingerprint density at radius 3 is 2.55 bits per heavy atom. The van der Waals surface area contributed by atoms with Crippen LogP contribution in [-0.2, 0) is 29.1 Å². The van der Waals surface area contributed by atoms with E-state index < -0.39 is 103 Å². The van der Waals surface area contributed by atoms with Gasteiger partial charge in [0.1, 0.15) is 0 Å². The van der Waals surface area contributed by atoms with Gasteiger partial charge in [-0.2, -0.15) is 0 Å². The minimum absolute atomic E-state index is 0.0321. The van der Waals surface area contributed by atoms with E-state index in [9.17, 15) is 36.8 Å². The summed E-state index contributed by atoms with van der Waals surface area (Å²) in [6.45, 7) is 8.01. The molecule has 318 valence electrons. The van der Waals surface area contributed by atoms with Crippen molar-refractivity contribution in [3.63, 3.8) is 0 Å². The average Bonchev–Trinajstić information content (AvgIpc) is 3.40. The van der Waals surface area contributed by atoms with E-state index >= 15 is 4.39 Å². The molecule has 1 saturated heterocycles. The number of alkyl halides is 2. The number of hydrogen-bond donors (Lipinski definition) is 3. The predicted molar refractivity (Wildman–Crippen MR) is 203 cm³/mol. The summed E-state index contributed by atoms with van der Waals surface area (Å²) in [6.07, 6.45) is 8.27. The van der Waals surface area contributed by atoms with Crippen LogP contribution in [0, 0.1) is 18.7 Å². The first-order valence-electron chi connectivity index (χ1n) is 19.5. The molecule has 2 fully saturated rings. The normalized spacial score (nSPS) is 29.6. The van der Waals surface area contributed by atoms with Crippen molar-refractivity contribution in [2.24, 2.45) is 5.92 Å². The van der Waals surface area contributed by atoms with Gasteiger partial charge in [-0.05, 0) is 6.92 Å². The van der Waals surface area contributed by atoms with Gasteiger partial charge in [-0.3, -0.25) is 0 Å². The van der Waals surface area contributed by atoms with Gasteiger partial charge in [-0.15, -0.1) is 0 Å². The fourth-order valence-corrected chi connectivity index (χ4v) is 12.3. The first-order valence-corrected chi connectivity index (χ1v) is 23.1. The van der Waals surface area contributed by atoms with Gasteiger partial charge in [0.05, 0.1) is 0 Å². The number of hydrogen-bond acceptors (Lipinski definition) is 9. The van der Waals surface area contributed by atoms with Crippen LogP contribution in [0.3, 0.4) is 0 Å². The number of nitrogens with one attached hydrogen (secondary N) is 3. The molecule has 0 radical (unpaired) electrons. The second kappa shape index (κ2) is 16.9. The number of nitrogens with zero attached hydrogens (tertiary/aromatic N) is 2. The van der Waals surface area contributed by atoms with Crippen LogP contribution in [0.2, 0.25) is 0 Å². The van der Waals surface area contributed by atoms with Crippen molar-refractivity contribution in [2.75, 3.05) is 19.6 Å². The van der Waals surface area contributed by atoms with Crippen molar-refractivity contribution < 1.29 is 71.9 Å². The van der Waals surface area contributed by atoms with E-state index in [1.165, 1.54) is 35.8 Å². The van der Waals surface area contributed by atoms with Gasteiger partial charge in [0.15, 0.2) is 0 Å². The number of carbonyl (C=O) groups excluding carboxylic acids is 5. The van der Waals surface area contributed by atoms with Gasteiger partial charge in [-0.25, -0.2) is 4.39 Å². The molecule has 5 aliphatic rings. The molecule has 0 spiro atoms. The molecular weight excluding hydrogens is 891 g/mol. The molecule has 1 aromatic rings. The third kappa shape index (κ3) is 10.2. The summed E-state index contributed by atoms with van der Waals surface area (Å²) in [7, 11) is -4.43. The first kappa shape index (κ1) is 43.5. The predicted octanol–water partition coefficient (Wildman–Crippen LogP) is 2.27. The van der Waals surface area contributed by atoms with Crippen LogP contribution in [0.4, 0.5) is 23.2 Å². The summed E-state index contributed by atoms with van der Waals surface area (Å²) in [5.41, 5.74) is -1.03. The van der Waals surface area contributed by atoms with Crippen LogP contribution in [0.1, 0.15) is 84.6 Å². The molecule has 58 heavy (non-hydrogen) atoms. The Kier molecular flexibility index (Phi) is 12.7. The van der Waals surface area contributed by atoms with Crippen LogP contribution >= 0.6 is 0 Å². The Balaban J connectivity index is 1.23. The van der Waals surface area contributed by atoms with Crippen molar-refractivity contribution >= 4 is 37.9 Å². The summed E-state index contributed by atoms with van der Waals surface area (Å²) >= 11 is -1.78. The summed E-state index contributed by atoms with van der Waals surface area (Å²) in [5, 5.41) is 5.68. The number of carbonyl (C=O) groups is 5. The average molecular weight is 943 g/mol. The Hall–Kier alpha value is -4.07. The second-order valence-electron chi connectivity index (χ2n) is 16.7. The molecule has 0 bridgehead atoms. The van der Waals surface area contributed by atoms with E-state index in [1.54, 1.807) is 32.9 Å². The van der Waals surface area contributed by atoms with Crippen LogP contribution in [0.15, 0.2) is 58.5 Å². The molecule has 3 aliphatic heterocycles. The maximum absolute atomic E-state index is 15.3. The molecule has 1 unspecified atom stereocenters. The fraction of sp³-hybridized carbons (Fsp3) is 0.575. The monoisotopic (exact) mass is 942 g/mol. The zero-order valence-corrected chi connectivity index (χ0v) is 36.2. The van der Waals surface area contributed by atoms with Crippen molar-refractivity contribution in [3.05, 3.63) is 65.0 Å². The van der Waals surface area contributed by atoms with E-state index in [-0.39, 0.29) is 50.4 Å². The first-order chi connectivity index (χ1) is 27.2. The molecule has 1 saturated carbocycles. The van der Waals surface area contributed by atoms with Gasteiger partial charge in [-0.1, -0.05) is 6.08 Å². The Morgan fingerprint density at radius 2 is 1.84 bits per heavy atom. The van der Waals surface area contributed by atoms with Gasteiger partial charge in [0, 0.05) is 6.42 Å². The molecule has 5 amide bonds. The quantitative estimate of drug-likeness (QED) is 0.127. The van der Waals surface area contributed by atoms with Crippen molar-refractivity contribution in [1.29, 1.82) is 0 Å². The van der Waals surface area contributed by atoms with E-state index in [4.69, 9.17) is 9.47 Å². The number of ether oxygens (including phenoxy) is 2. The van der Waals surface area contributed by atoms with Gasteiger partial charge >= 0.3 is 326 Å². The number of amides is 5. The molecule has 18 heteroatoms. The number of alkyl carbamates (subject to hydrolysis) is 1. The van der Waals surface area contributed by atoms with Crippen molar-refractivity contribution in [3.8, 4) is 0 Å². The molecule has 3 heterocycles. The minimum atomic E-state index is -4.43. The molecule has 0 aromatic heterocycles. The van der Waals surface area contributed by atoms with E-state index in [1.807, 2.05) is 16.9 Å². The van der Waals surface area contributed by atoms with Crippen molar-refractivity contribution in [2.45, 2.75) is 124 Å². The Morgan fingerprint density at radius 1 is 1.09 bits per heavy atom. The van der Waals surface area contributed by atoms with Gasteiger partial charge in [0.2, 0.25) is 0 Å². The molecule has 2 aliphatic carbocycles. The number of benzene rings is 1. The van der Waals surface area contributed by atoms with Crippen LogP contribution in [0.5, 0.6) is 0 Å². The van der Waals surface area contributed by atoms with Crippen LogP contribution in [0.25, 0.3) is 0 Å². The summed E-state index contributed by atoms with van der Waals surface area (Å²) in [4.78, 5) is 71.0. The van der Waals surface area contributed by atoms with E-state index in [2.05, 4.69) is 10.6 Å². The third-order valence-corrected chi connectivity index (χ3v) is 15.8. The summed E-state index contributed by atoms with van der Waals surface area (Å²) in [6, 6.07) is 1.04. The summed E-state index contributed by atoms with van der Waals surface area (Å²) < 4.78 is 67.2. The third-order valence-electron chi connectivity index (χ3n) is 10.8. The zero-order valence-electron chi connectivity index (χ0n) is 33.2. The molecule has 14 nitrogen and oxygen atoms in total. The van der Waals surface area contributed by atoms with Gasteiger partial charge < -0.3 is 0 Å². The van der Waals surface area contributed by atoms with Crippen LogP contribution < -0.4 is 36.6 Å². The van der Waals surface area contributed by atoms with Crippen molar-refractivity contribution in [1.82, 2.24) is 25.2 Å². The topological polar surface area (TPSA) is 181 Å². The zero-order chi connectivity index (χ0) is 42.2. The number of allylic oxidation sites excluding steroid dienone is 2. The standard InChI is InChI=1S/C40H51F2IN5O9S/c1-24-15-16-28(19-30(24)41)58(54,55)46-35(51)43-40-20-26(40)13-9-7-6-8-10-14-31(44-36(52)57-38(2,3)4)34(50)48-22-27(18-32(48)33(49)45-40)56-37(53)47-21-25-12-11-17-39(5,42)29(25)23-47/h9,11-13,15-16,19,26-27,31-32H,6-8,10,14,17-18,20-23H2,1-5H3,(H,44,52)(H,45,49)(H,46,51)/q-1/b13-9-/t26-,27-,31+,32+,39?,40-/m1/s1. The number of aryl methyl sites for hydroxylation is 1. The molecular formula is C40H51F2IN5O9S-. The molecule has 6 atom stereocenters. The fourth-order valence-electron chi connectivity index (χ4n) is 7.65.